The van der Waals surface area contributed by atoms with Gasteiger partial charge in [0.1, 0.15) is 0 Å². The van der Waals surface area contributed by atoms with Crippen molar-refractivity contribution in [1.29, 1.82) is 0 Å². The quantitative estimate of drug-likeness (QED) is 0.718. The molecule has 0 fully saturated rings. The summed E-state index contributed by atoms with van der Waals surface area (Å²) in [4.78, 5) is 13.1. The van der Waals surface area contributed by atoms with E-state index >= 15 is 0 Å². The number of aliphatic carboxylic acids is 1. The summed E-state index contributed by atoms with van der Waals surface area (Å²) in [6.45, 7) is 5.43. The lowest BCUT2D eigenvalue weighted by Crippen LogP contribution is -2.32. The Labute approximate surface area is 109 Å². The Morgan fingerprint density at radius 2 is 1.94 bits per heavy atom. The number of hydrogen-bond acceptors (Lipinski definition) is 2. The number of rotatable bonds is 8. The highest BCUT2D eigenvalue weighted by Crippen LogP contribution is 2.16. The van der Waals surface area contributed by atoms with Gasteiger partial charge < -0.3 is 10.0 Å². The SMILES string of the molecule is CCCCCN(CC(C)C(=O)O)c1ccccc1. The molecule has 0 bridgehead atoms. The molecule has 100 valence electrons. The van der Waals surface area contributed by atoms with E-state index in [1.807, 2.05) is 30.3 Å². The summed E-state index contributed by atoms with van der Waals surface area (Å²) in [6, 6.07) is 10.1. The third kappa shape index (κ3) is 4.78. The average Bonchev–Trinajstić information content (AvgIpc) is 2.38. The molecule has 1 aromatic rings. The normalized spacial score (nSPS) is 12.1. The van der Waals surface area contributed by atoms with E-state index < -0.39 is 5.97 Å². The first-order chi connectivity index (χ1) is 8.65. The average molecular weight is 249 g/mol. The summed E-state index contributed by atoms with van der Waals surface area (Å²) < 4.78 is 0. The maximum atomic E-state index is 11.0. The second-order valence-corrected chi connectivity index (χ2v) is 4.73. The molecular weight excluding hydrogens is 226 g/mol. The smallest absolute Gasteiger partial charge is 0.308 e. The number of para-hydroxylation sites is 1. The molecular formula is C15H23NO2. The van der Waals surface area contributed by atoms with Gasteiger partial charge in [-0.2, -0.15) is 0 Å². The third-order valence-electron chi connectivity index (χ3n) is 3.07. The Balaban J connectivity index is 2.66. The van der Waals surface area contributed by atoms with Gasteiger partial charge in [-0.15, -0.1) is 0 Å². The molecule has 0 aliphatic heterocycles. The molecule has 18 heavy (non-hydrogen) atoms. The Bertz CT molecular complexity index is 351. The van der Waals surface area contributed by atoms with Crippen molar-refractivity contribution >= 4 is 11.7 Å². The zero-order chi connectivity index (χ0) is 13.4. The second kappa shape index (κ2) is 7.75. The Morgan fingerprint density at radius 1 is 1.28 bits per heavy atom. The molecule has 3 nitrogen and oxygen atoms in total. The maximum absolute atomic E-state index is 11.0. The van der Waals surface area contributed by atoms with Gasteiger partial charge in [-0.1, -0.05) is 44.9 Å². The van der Waals surface area contributed by atoms with Gasteiger partial charge in [0.2, 0.25) is 0 Å². The van der Waals surface area contributed by atoms with Crippen LogP contribution in [-0.2, 0) is 4.79 Å². The lowest BCUT2D eigenvalue weighted by molar-refractivity contribution is -0.140. The maximum Gasteiger partial charge on any atom is 0.308 e. The van der Waals surface area contributed by atoms with E-state index in [4.69, 9.17) is 5.11 Å². The summed E-state index contributed by atoms with van der Waals surface area (Å²) in [5.74, 6) is -1.07. The Morgan fingerprint density at radius 3 is 2.50 bits per heavy atom. The van der Waals surface area contributed by atoms with Gasteiger partial charge >= 0.3 is 5.97 Å². The van der Waals surface area contributed by atoms with E-state index in [2.05, 4.69) is 11.8 Å². The van der Waals surface area contributed by atoms with Crippen LogP contribution < -0.4 is 4.90 Å². The number of carboxylic acid groups (broad SMARTS) is 1. The molecule has 1 N–H and O–H groups in total. The Hall–Kier alpha value is -1.51. The number of carboxylic acids is 1. The van der Waals surface area contributed by atoms with E-state index in [-0.39, 0.29) is 5.92 Å². The lowest BCUT2D eigenvalue weighted by Gasteiger charge is -2.26. The highest BCUT2D eigenvalue weighted by atomic mass is 16.4. The molecule has 1 aromatic carbocycles. The van der Waals surface area contributed by atoms with Gasteiger partial charge in [-0.05, 0) is 18.6 Å². The fraction of sp³-hybridized carbons (Fsp3) is 0.533. The molecule has 1 atom stereocenters. The first-order valence-electron chi connectivity index (χ1n) is 6.68. The highest BCUT2D eigenvalue weighted by molar-refractivity contribution is 5.70. The van der Waals surface area contributed by atoms with Crippen molar-refractivity contribution in [2.75, 3.05) is 18.0 Å². The summed E-state index contributed by atoms with van der Waals surface area (Å²) in [7, 11) is 0. The van der Waals surface area contributed by atoms with Crippen molar-refractivity contribution in [1.82, 2.24) is 0 Å². The monoisotopic (exact) mass is 249 g/mol. The van der Waals surface area contributed by atoms with Crippen LogP contribution in [0, 0.1) is 5.92 Å². The molecule has 0 saturated heterocycles. The van der Waals surface area contributed by atoms with Gasteiger partial charge in [-0.3, -0.25) is 4.79 Å². The molecule has 0 heterocycles. The summed E-state index contributed by atoms with van der Waals surface area (Å²) in [5, 5.41) is 9.02. The molecule has 0 radical (unpaired) electrons. The predicted molar refractivity (Wildman–Crippen MR) is 75.0 cm³/mol. The number of anilines is 1. The molecule has 0 amide bonds. The van der Waals surface area contributed by atoms with Crippen molar-refractivity contribution < 1.29 is 9.90 Å². The third-order valence-corrected chi connectivity index (χ3v) is 3.07. The Kier molecular flexibility index (Phi) is 6.26. The van der Waals surface area contributed by atoms with Crippen LogP contribution in [0.25, 0.3) is 0 Å². The van der Waals surface area contributed by atoms with Crippen molar-refractivity contribution in [2.45, 2.75) is 33.1 Å². The summed E-state index contributed by atoms with van der Waals surface area (Å²) in [5.41, 5.74) is 1.11. The van der Waals surface area contributed by atoms with Gasteiger partial charge in [0.25, 0.3) is 0 Å². The topological polar surface area (TPSA) is 40.5 Å². The first kappa shape index (κ1) is 14.6. The lowest BCUT2D eigenvalue weighted by atomic mass is 10.1. The van der Waals surface area contributed by atoms with Crippen LogP contribution in [0.15, 0.2) is 30.3 Å². The van der Waals surface area contributed by atoms with Crippen LogP contribution >= 0.6 is 0 Å². The van der Waals surface area contributed by atoms with E-state index in [9.17, 15) is 4.79 Å². The van der Waals surface area contributed by atoms with Gasteiger partial charge in [-0.25, -0.2) is 0 Å². The fourth-order valence-electron chi connectivity index (χ4n) is 1.93. The van der Waals surface area contributed by atoms with E-state index in [1.54, 1.807) is 6.92 Å². The van der Waals surface area contributed by atoms with Crippen molar-refractivity contribution in [3.63, 3.8) is 0 Å². The van der Waals surface area contributed by atoms with Crippen molar-refractivity contribution in [2.24, 2.45) is 5.92 Å². The number of unbranched alkanes of at least 4 members (excludes halogenated alkanes) is 2. The number of carbonyl (C=O) groups is 1. The van der Waals surface area contributed by atoms with Crippen LogP contribution in [0.2, 0.25) is 0 Å². The molecule has 1 unspecified atom stereocenters. The zero-order valence-corrected chi connectivity index (χ0v) is 11.3. The minimum atomic E-state index is -0.730. The molecule has 3 heteroatoms. The molecule has 0 aromatic heterocycles. The minimum Gasteiger partial charge on any atom is -0.481 e. The number of hydrogen-bond donors (Lipinski definition) is 1. The van der Waals surface area contributed by atoms with Crippen LogP contribution in [0.5, 0.6) is 0 Å². The molecule has 1 rings (SSSR count). The van der Waals surface area contributed by atoms with Crippen LogP contribution in [0.3, 0.4) is 0 Å². The predicted octanol–water partition coefficient (Wildman–Crippen LogP) is 3.40. The second-order valence-electron chi connectivity index (χ2n) is 4.73. The first-order valence-corrected chi connectivity index (χ1v) is 6.68. The van der Waals surface area contributed by atoms with Crippen LogP contribution in [0.4, 0.5) is 5.69 Å². The number of benzene rings is 1. The highest BCUT2D eigenvalue weighted by Gasteiger charge is 2.16. The van der Waals surface area contributed by atoms with Gasteiger partial charge in [0.15, 0.2) is 0 Å². The van der Waals surface area contributed by atoms with E-state index in [0.29, 0.717) is 6.54 Å². The van der Waals surface area contributed by atoms with E-state index in [0.717, 1.165) is 18.7 Å². The number of nitrogens with zero attached hydrogens (tertiary/aromatic N) is 1. The van der Waals surface area contributed by atoms with Crippen LogP contribution in [0.1, 0.15) is 33.1 Å². The van der Waals surface area contributed by atoms with Gasteiger partial charge in [0.05, 0.1) is 5.92 Å². The van der Waals surface area contributed by atoms with Gasteiger partial charge in [0, 0.05) is 18.8 Å². The molecule has 0 aliphatic carbocycles. The van der Waals surface area contributed by atoms with Crippen molar-refractivity contribution in [3.8, 4) is 0 Å². The standard InChI is InChI=1S/C15H23NO2/c1-3-4-8-11-16(12-13(2)15(17)18)14-9-6-5-7-10-14/h5-7,9-10,13H,3-4,8,11-12H2,1-2H3,(H,17,18). The molecule has 0 saturated carbocycles. The largest absolute Gasteiger partial charge is 0.481 e. The van der Waals surface area contributed by atoms with E-state index in [1.165, 1.54) is 12.8 Å². The summed E-state index contributed by atoms with van der Waals surface area (Å²) >= 11 is 0. The molecule has 0 spiro atoms. The summed E-state index contributed by atoms with van der Waals surface area (Å²) in [6.07, 6.45) is 3.47. The molecule has 0 aliphatic rings. The van der Waals surface area contributed by atoms with Crippen molar-refractivity contribution in [3.05, 3.63) is 30.3 Å². The minimum absolute atomic E-state index is 0.341. The zero-order valence-electron chi connectivity index (χ0n) is 11.3. The van der Waals surface area contributed by atoms with Crippen LogP contribution in [-0.4, -0.2) is 24.2 Å². The fourth-order valence-corrected chi connectivity index (χ4v) is 1.93.